The Morgan fingerprint density at radius 1 is 1.02 bits per heavy atom. The summed E-state index contributed by atoms with van der Waals surface area (Å²) in [4.78, 5) is 13.5. The third-order valence-electron chi connectivity index (χ3n) is 8.16. The minimum absolute atomic E-state index is 0.162. The Hall–Kier alpha value is -3.45. The summed E-state index contributed by atoms with van der Waals surface area (Å²) < 4.78 is 72.2. The van der Waals surface area contributed by atoms with E-state index in [9.17, 15) is 22.0 Å². The Bertz CT molecular complexity index is 1540. The van der Waals surface area contributed by atoms with Gasteiger partial charge in [-0.25, -0.2) is 13.2 Å². The summed E-state index contributed by atoms with van der Waals surface area (Å²) in [5, 5.41) is 9.21. The molecule has 1 saturated carbocycles. The zero-order chi connectivity index (χ0) is 31.3. The van der Waals surface area contributed by atoms with Crippen LogP contribution in [0, 0.1) is 23.4 Å². The average Bonchev–Trinajstić information content (AvgIpc) is 3.83. The molecule has 12 heteroatoms. The van der Waals surface area contributed by atoms with Crippen molar-refractivity contribution in [2.45, 2.75) is 44.2 Å². The van der Waals surface area contributed by atoms with E-state index in [0.29, 0.717) is 61.0 Å². The first-order chi connectivity index (χ1) is 21.1. The van der Waals surface area contributed by atoms with Crippen LogP contribution in [0.5, 0.6) is 0 Å². The van der Waals surface area contributed by atoms with Gasteiger partial charge in [-0.05, 0) is 85.7 Å². The lowest BCUT2D eigenvalue weighted by molar-refractivity contribution is -0.116. The Balaban J connectivity index is 1.34. The van der Waals surface area contributed by atoms with Gasteiger partial charge < -0.3 is 16.0 Å². The molecule has 0 spiro atoms. The minimum atomic E-state index is -3.68. The van der Waals surface area contributed by atoms with E-state index in [1.807, 2.05) is 0 Å². The zero-order valence-electron chi connectivity index (χ0n) is 24.6. The smallest absolute Gasteiger partial charge is 0.282 e. The van der Waals surface area contributed by atoms with Gasteiger partial charge in [0, 0.05) is 62.6 Å². The van der Waals surface area contributed by atoms with Crippen LogP contribution in [0.3, 0.4) is 0 Å². The fourth-order valence-electron chi connectivity index (χ4n) is 5.50. The van der Waals surface area contributed by atoms with E-state index in [1.165, 1.54) is 51.1 Å². The molecule has 2 atom stereocenters. The summed E-state index contributed by atoms with van der Waals surface area (Å²) >= 11 is 0. The molecule has 44 heavy (non-hydrogen) atoms. The monoisotopic (exact) mass is 629 g/mol. The number of piperazine rings is 1. The Labute approximate surface area is 256 Å². The van der Waals surface area contributed by atoms with Gasteiger partial charge >= 0.3 is 0 Å². The molecule has 2 fully saturated rings. The van der Waals surface area contributed by atoms with Crippen LogP contribution in [0.2, 0.25) is 0 Å². The molecule has 0 radical (unpaired) electrons. The maximum atomic E-state index is 15.3. The highest BCUT2D eigenvalue weighted by Gasteiger charge is 2.37. The molecule has 3 aromatic carbocycles. The first kappa shape index (κ1) is 32.0. The highest BCUT2D eigenvalue weighted by atomic mass is 32.2. The van der Waals surface area contributed by atoms with Crippen molar-refractivity contribution in [2.24, 2.45) is 5.92 Å². The Morgan fingerprint density at radius 3 is 2.39 bits per heavy atom. The molecular weight excluding hydrogens is 591 g/mol. The van der Waals surface area contributed by atoms with E-state index in [2.05, 4.69) is 16.0 Å². The largest absolute Gasteiger partial charge is 0.373 e. The van der Waals surface area contributed by atoms with E-state index in [0.717, 1.165) is 12.8 Å². The number of nitrogens with zero attached hydrogens (tertiary/aromatic N) is 2. The second-order valence-electron chi connectivity index (χ2n) is 11.5. The molecule has 2 aliphatic rings. The van der Waals surface area contributed by atoms with Crippen LogP contribution in [0.25, 0.3) is 0 Å². The lowest BCUT2D eigenvalue weighted by Gasteiger charge is -2.37. The van der Waals surface area contributed by atoms with E-state index in [-0.39, 0.29) is 18.9 Å². The number of hydrogen-bond acceptors (Lipinski definition) is 5. The van der Waals surface area contributed by atoms with Gasteiger partial charge in [-0.1, -0.05) is 18.2 Å². The summed E-state index contributed by atoms with van der Waals surface area (Å²) in [5.41, 5.74) is 1.80. The first-order valence-electron chi connectivity index (χ1n) is 14.9. The van der Waals surface area contributed by atoms with Gasteiger partial charge in [-0.3, -0.25) is 4.79 Å². The van der Waals surface area contributed by atoms with Crippen LogP contribution in [0.4, 0.5) is 24.5 Å². The summed E-state index contributed by atoms with van der Waals surface area (Å²) in [5.74, 6) is -1.36. The number of nitrogens with one attached hydrogen (secondary N) is 3. The molecule has 3 N–H and O–H groups in total. The maximum Gasteiger partial charge on any atom is 0.282 e. The molecule has 3 aromatic rings. The van der Waals surface area contributed by atoms with Crippen LogP contribution >= 0.6 is 0 Å². The standard InChI is InChI=1S/C32H38F3N5O3S/c1-39(21-23-5-6-23)44(42,43)40-18-17-36-20-27(40)15-16-28-29(35)3-2-4-30(28)38-31(19-22-7-9-24(33)10-8-22)32(41)37-26-13-11-25(34)12-14-26/h2-4,7-14,23,27,31,36,38H,5-6,15-21H2,1H3,(H,37,41)/t27-,31-/m0/s1. The number of rotatable bonds is 13. The average molecular weight is 630 g/mol. The lowest BCUT2D eigenvalue weighted by atomic mass is 10.00. The van der Waals surface area contributed by atoms with Crippen LogP contribution in [0.15, 0.2) is 66.7 Å². The molecule has 1 aliphatic carbocycles. The minimum Gasteiger partial charge on any atom is -0.373 e. The quantitative estimate of drug-likeness (QED) is 0.258. The molecule has 1 amide bonds. The van der Waals surface area contributed by atoms with Crippen molar-refractivity contribution in [2.75, 3.05) is 43.9 Å². The van der Waals surface area contributed by atoms with Gasteiger partial charge in [-0.15, -0.1) is 0 Å². The molecule has 5 rings (SSSR count). The highest BCUT2D eigenvalue weighted by Crippen LogP contribution is 2.31. The van der Waals surface area contributed by atoms with Crippen LogP contribution in [-0.4, -0.2) is 68.2 Å². The third-order valence-corrected chi connectivity index (χ3v) is 10.2. The Morgan fingerprint density at radius 2 is 1.70 bits per heavy atom. The van der Waals surface area contributed by atoms with Crippen molar-refractivity contribution in [3.8, 4) is 0 Å². The maximum absolute atomic E-state index is 15.3. The molecule has 1 aliphatic heterocycles. The fraction of sp³-hybridized carbons (Fsp3) is 0.406. The Kier molecular flexibility index (Phi) is 10.2. The van der Waals surface area contributed by atoms with Crippen molar-refractivity contribution >= 4 is 27.5 Å². The molecule has 0 unspecified atom stereocenters. The summed E-state index contributed by atoms with van der Waals surface area (Å²) in [6, 6.07) is 14.4. The number of halogens is 3. The zero-order valence-corrected chi connectivity index (χ0v) is 25.4. The predicted octanol–water partition coefficient (Wildman–Crippen LogP) is 4.56. The van der Waals surface area contributed by atoms with E-state index >= 15 is 4.39 Å². The third kappa shape index (κ3) is 8.17. The molecule has 8 nitrogen and oxygen atoms in total. The van der Waals surface area contributed by atoms with Crippen molar-refractivity contribution in [1.82, 2.24) is 13.9 Å². The normalized spacial score (nSPS) is 18.2. The van der Waals surface area contributed by atoms with Gasteiger partial charge in [0.2, 0.25) is 5.91 Å². The topological polar surface area (TPSA) is 93.8 Å². The molecule has 0 bridgehead atoms. The van der Waals surface area contributed by atoms with Gasteiger partial charge in [-0.2, -0.15) is 17.0 Å². The molecule has 0 aromatic heterocycles. The van der Waals surface area contributed by atoms with E-state index in [1.54, 1.807) is 31.3 Å². The molecule has 1 saturated heterocycles. The second kappa shape index (κ2) is 14.1. The van der Waals surface area contributed by atoms with Crippen molar-refractivity contribution in [3.05, 3.63) is 95.3 Å². The van der Waals surface area contributed by atoms with Gasteiger partial charge in [0.1, 0.15) is 23.5 Å². The van der Waals surface area contributed by atoms with E-state index < -0.39 is 39.6 Å². The van der Waals surface area contributed by atoms with Crippen LogP contribution in [-0.2, 0) is 27.8 Å². The van der Waals surface area contributed by atoms with Crippen LogP contribution < -0.4 is 16.0 Å². The first-order valence-corrected chi connectivity index (χ1v) is 16.3. The van der Waals surface area contributed by atoms with Crippen molar-refractivity contribution < 1.29 is 26.4 Å². The van der Waals surface area contributed by atoms with Crippen LogP contribution in [0.1, 0.15) is 30.4 Å². The number of benzene rings is 3. The fourth-order valence-corrected chi connectivity index (χ4v) is 7.14. The predicted molar refractivity (Wildman–Crippen MR) is 165 cm³/mol. The molecular formula is C32H38F3N5O3S. The highest BCUT2D eigenvalue weighted by molar-refractivity contribution is 7.86. The SMILES string of the molecule is CN(CC1CC1)S(=O)(=O)N1CCNC[C@@H]1CCc1c(F)cccc1N[C@@H](Cc1ccc(F)cc1)C(=O)Nc1ccc(F)cc1. The lowest BCUT2D eigenvalue weighted by Crippen LogP contribution is -2.57. The summed E-state index contributed by atoms with van der Waals surface area (Å²) in [6.07, 6.45) is 2.83. The van der Waals surface area contributed by atoms with Gasteiger partial charge in [0.05, 0.1) is 0 Å². The number of amides is 1. The van der Waals surface area contributed by atoms with Gasteiger partial charge in [0.25, 0.3) is 10.2 Å². The number of hydrogen-bond donors (Lipinski definition) is 3. The summed E-state index contributed by atoms with van der Waals surface area (Å²) in [7, 11) is -2.06. The van der Waals surface area contributed by atoms with Crippen molar-refractivity contribution in [3.63, 3.8) is 0 Å². The van der Waals surface area contributed by atoms with Gasteiger partial charge in [0.15, 0.2) is 0 Å². The number of anilines is 2. The number of carbonyl (C=O) groups excluding carboxylic acids is 1. The molecule has 236 valence electrons. The molecule has 1 heterocycles. The van der Waals surface area contributed by atoms with Crippen molar-refractivity contribution in [1.29, 1.82) is 0 Å². The second-order valence-corrected chi connectivity index (χ2v) is 13.5. The van der Waals surface area contributed by atoms with E-state index in [4.69, 9.17) is 0 Å². The summed E-state index contributed by atoms with van der Waals surface area (Å²) in [6.45, 7) is 1.80. The number of carbonyl (C=O) groups is 1.